The molecule has 0 radical (unpaired) electrons. The van der Waals surface area contributed by atoms with Crippen molar-refractivity contribution in [2.45, 2.75) is 27.2 Å². The Morgan fingerprint density at radius 1 is 1.46 bits per heavy atom. The van der Waals surface area contributed by atoms with Gasteiger partial charge in [0.15, 0.2) is 0 Å². The van der Waals surface area contributed by atoms with Crippen LogP contribution in [0.25, 0.3) is 0 Å². The topological polar surface area (TPSA) is 0 Å². The molecular weight excluding hydrogens is 156 g/mol. The van der Waals surface area contributed by atoms with E-state index in [0.29, 0.717) is 5.41 Å². The van der Waals surface area contributed by atoms with Crippen LogP contribution in [0.15, 0.2) is 48.1 Å². The molecule has 1 rings (SSSR count). The van der Waals surface area contributed by atoms with Crippen molar-refractivity contribution in [3.8, 4) is 0 Å². The summed E-state index contributed by atoms with van der Waals surface area (Å²) in [5, 5.41) is 0. The van der Waals surface area contributed by atoms with E-state index in [9.17, 15) is 0 Å². The molecule has 1 aliphatic rings. The molecule has 0 bridgehead atoms. The van der Waals surface area contributed by atoms with E-state index in [0.717, 1.165) is 6.42 Å². The first kappa shape index (κ1) is 10.0. The zero-order valence-corrected chi connectivity index (χ0v) is 8.80. The van der Waals surface area contributed by atoms with Crippen molar-refractivity contribution in [2.24, 2.45) is 5.41 Å². The summed E-state index contributed by atoms with van der Waals surface area (Å²) in [6, 6.07) is 0. The second kappa shape index (κ2) is 3.78. The van der Waals surface area contributed by atoms with E-state index in [2.05, 4.69) is 51.7 Å². The lowest BCUT2D eigenvalue weighted by molar-refractivity contribution is 0.470. The summed E-state index contributed by atoms with van der Waals surface area (Å²) in [6.07, 6.45) is 11.7. The Hall–Kier alpha value is -1.04. The SMILES string of the molecule is C=CC=C1C=CC(C)(C)CC1=CC. The summed E-state index contributed by atoms with van der Waals surface area (Å²) in [6.45, 7) is 10.3. The maximum Gasteiger partial charge on any atom is -0.0131 e. The van der Waals surface area contributed by atoms with Crippen LogP contribution in [0.4, 0.5) is 0 Å². The number of allylic oxidation sites excluding steroid dienone is 7. The minimum absolute atomic E-state index is 0.306. The molecule has 0 nitrogen and oxygen atoms in total. The van der Waals surface area contributed by atoms with Crippen molar-refractivity contribution >= 4 is 0 Å². The minimum atomic E-state index is 0.306. The van der Waals surface area contributed by atoms with E-state index < -0.39 is 0 Å². The molecule has 0 aromatic carbocycles. The van der Waals surface area contributed by atoms with Gasteiger partial charge in [0, 0.05) is 0 Å². The average molecular weight is 174 g/mol. The van der Waals surface area contributed by atoms with Crippen LogP contribution in [-0.4, -0.2) is 0 Å². The quantitative estimate of drug-likeness (QED) is 0.563. The summed E-state index contributed by atoms with van der Waals surface area (Å²) in [5.74, 6) is 0. The van der Waals surface area contributed by atoms with Crippen molar-refractivity contribution in [1.82, 2.24) is 0 Å². The van der Waals surface area contributed by atoms with Crippen LogP contribution >= 0.6 is 0 Å². The Labute approximate surface area is 81.4 Å². The Bertz CT molecular complexity index is 285. The molecule has 13 heavy (non-hydrogen) atoms. The van der Waals surface area contributed by atoms with Crippen LogP contribution in [0.5, 0.6) is 0 Å². The second-order valence-electron chi connectivity index (χ2n) is 4.17. The van der Waals surface area contributed by atoms with Crippen LogP contribution in [0.1, 0.15) is 27.2 Å². The highest BCUT2D eigenvalue weighted by molar-refractivity contribution is 5.45. The van der Waals surface area contributed by atoms with Crippen molar-refractivity contribution in [3.05, 3.63) is 48.1 Å². The van der Waals surface area contributed by atoms with E-state index in [1.165, 1.54) is 11.1 Å². The average Bonchev–Trinajstić information content (AvgIpc) is 2.08. The van der Waals surface area contributed by atoms with Crippen LogP contribution in [0, 0.1) is 5.41 Å². The van der Waals surface area contributed by atoms with Gasteiger partial charge in [0.2, 0.25) is 0 Å². The summed E-state index contributed by atoms with van der Waals surface area (Å²) < 4.78 is 0. The maximum absolute atomic E-state index is 3.72. The molecule has 0 aromatic heterocycles. The van der Waals surface area contributed by atoms with E-state index in [-0.39, 0.29) is 0 Å². The van der Waals surface area contributed by atoms with Gasteiger partial charge in [-0.3, -0.25) is 0 Å². The van der Waals surface area contributed by atoms with Crippen molar-refractivity contribution < 1.29 is 0 Å². The standard InChI is InChI=1S/C13H18/c1-5-7-12-8-9-13(3,4)10-11(12)6-2/h5-9H,1,10H2,2-4H3. The predicted molar refractivity (Wildman–Crippen MR) is 59.6 cm³/mol. The molecule has 0 saturated heterocycles. The van der Waals surface area contributed by atoms with Gasteiger partial charge in [-0.05, 0) is 29.9 Å². The third kappa shape index (κ3) is 2.45. The van der Waals surface area contributed by atoms with Crippen molar-refractivity contribution in [3.63, 3.8) is 0 Å². The van der Waals surface area contributed by atoms with E-state index in [4.69, 9.17) is 0 Å². The van der Waals surface area contributed by atoms with Crippen molar-refractivity contribution in [1.29, 1.82) is 0 Å². The normalized spacial score (nSPS) is 26.7. The van der Waals surface area contributed by atoms with Gasteiger partial charge in [-0.2, -0.15) is 0 Å². The summed E-state index contributed by atoms with van der Waals surface area (Å²) in [5.41, 5.74) is 3.03. The fourth-order valence-electron chi connectivity index (χ4n) is 1.63. The first-order valence-electron chi connectivity index (χ1n) is 4.76. The highest BCUT2D eigenvalue weighted by Gasteiger charge is 2.21. The van der Waals surface area contributed by atoms with Gasteiger partial charge in [-0.1, -0.05) is 50.8 Å². The summed E-state index contributed by atoms with van der Waals surface area (Å²) in [4.78, 5) is 0. The Balaban J connectivity index is 3.03. The molecule has 0 N–H and O–H groups in total. The molecule has 0 amide bonds. The molecular formula is C13H18. The molecule has 0 fully saturated rings. The molecule has 0 unspecified atom stereocenters. The third-order valence-electron chi connectivity index (χ3n) is 2.38. The van der Waals surface area contributed by atoms with E-state index in [1.807, 2.05) is 6.08 Å². The van der Waals surface area contributed by atoms with Gasteiger partial charge >= 0.3 is 0 Å². The molecule has 0 heterocycles. The third-order valence-corrected chi connectivity index (χ3v) is 2.38. The molecule has 70 valence electrons. The summed E-state index contributed by atoms with van der Waals surface area (Å²) in [7, 11) is 0. The second-order valence-corrected chi connectivity index (χ2v) is 4.17. The van der Waals surface area contributed by atoms with Crippen LogP contribution in [-0.2, 0) is 0 Å². The fourth-order valence-corrected chi connectivity index (χ4v) is 1.63. The number of rotatable bonds is 1. The van der Waals surface area contributed by atoms with Gasteiger partial charge in [0.1, 0.15) is 0 Å². The molecule has 0 aliphatic heterocycles. The van der Waals surface area contributed by atoms with Crippen LogP contribution in [0.2, 0.25) is 0 Å². The molecule has 0 spiro atoms. The van der Waals surface area contributed by atoms with Crippen LogP contribution < -0.4 is 0 Å². The number of hydrogen-bond acceptors (Lipinski definition) is 0. The lowest BCUT2D eigenvalue weighted by atomic mass is 9.78. The van der Waals surface area contributed by atoms with Crippen molar-refractivity contribution in [2.75, 3.05) is 0 Å². The Morgan fingerprint density at radius 3 is 2.69 bits per heavy atom. The van der Waals surface area contributed by atoms with E-state index >= 15 is 0 Å². The first-order chi connectivity index (χ1) is 6.09. The molecule has 1 aliphatic carbocycles. The maximum atomic E-state index is 3.72. The van der Waals surface area contributed by atoms with Gasteiger partial charge in [0.05, 0.1) is 0 Å². The largest absolute Gasteiger partial charge is 0.0990 e. The van der Waals surface area contributed by atoms with E-state index in [1.54, 1.807) is 0 Å². The van der Waals surface area contributed by atoms with Gasteiger partial charge in [0.25, 0.3) is 0 Å². The number of hydrogen-bond donors (Lipinski definition) is 0. The predicted octanol–water partition coefficient (Wildman–Crippen LogP) is 4.03. The fraction of sp³-hybridized carbons (Fsp3) is 0.385. The lowest BCUT2D eigenvalue weighted by Gasteiger charge is -2.27. The van der Waals surface area contributed by atoms with Gasteiger partial charge in [-0.25, -0.2) is 0 Å². The minimum Gasteiger partial charge on any atom is -0.0990 e. The Kier molecular flexibility index (Phi) is 2.92. The van der Waals surface area contributed by atoms with Gasteiger partial charge in [-0.15, -0.1) is 0 Å². The highest BCUT2D eigenvalue weighted by Crippen LogP contribution is 2.35. The van der Waals surface area contributed by atoms with Gasteiger partial charge < -0.3 is 0 Å². The van der Waals surface area contributed by atoms with Crippen LogP contribution in [0.3, 0.4) is 0 Å². The summed E-state index contributed by atoms with van der Waals surface area (Å²) >= 11 is 0. The first-order valence-corrected chi connectivity index (χ1v) is 4.76. The zero-order chi connectivity index (χ0) is 9.90. The Morgan fingerprint density at radius 2 is 2.15 bits per heavy atom. The molecule has 0 heteroatoms. The smallest absolute Gasteiger partial charge is 0.0131 e. The molecule has 0 aromatic rings. The molecule has 0 atom stereocenters. The zero-order valence-electron chi connectivity index (χ0n) is 8.80. The highest BCUT2D eigenvalue weighted by atomic mass is 14.3. The monoisotopic (exact) mass is 174 g/mol. The lowest BCUT2D eigenvalue weighted by Crippen LogP contribution is -2.13. The molecule has 0 saturated carbocycles.